The van der Waals surface area contributed by atoms with Gasteiger partial charge in [0, 0.05) is 13.0 Å². The number of carbonyl (C=O) groups is 2. The molecule has 7 heteroatoms. The lowest BCUT2D eigenvalue weighted by Crippen LogP contribution is -2.37. The Bertz CT molecular complexity index is 430. The van der Waals surface area contributed by atoms with Crippen LogP contribution < -0.4 is 10.6 Å². The van der Waals surface area contributed by atoms with Crippen molar-refractivity contribution >= 4 is 12.0 Å². The van der Waals surface area contributed by atoms with Gasteiger partial charge >= 0.3 is 12.0 Å². The van der Waals surface area contributed by atoms with Crippen molar-refractivity contribution in [2.75, 3.05) is 6.54 Å². The molecule has 1 unspecified atom stereocenters. The Morgan fingerprint density at radius 1 is 1.47 bits per heavy atom. The minimum atomic E-state index is -0.822. The van der Waals surface area contributed by atoms with Crippen LogP contribution in [0.2, 0.25) is 0 Å². The molecule has 1 heterocycles. The van der Waals surface area contributed by atoms with E-state index in [9.17, 15) is 9.59 Å². The van der Waals surface area contributed by atoms with Gasteiger partial charge in [-0.1, -0.05) is 0 Å². The highest BCUT2D eigenvalue weighted by atomic mass is 16.4. The average Bonchev–Trinajstić information content (AvgIpc) is 2.75. The highest BCUT2D eigenvalue weighted by molar-refractivity contribution is 5.74. The molecule has 0 fully saturated rings. The minimum Gasteiger partial charge on any atom is -0.481 e. The van der Waals surface area contributed by atoms with Gasteiger partial charge in [0.25, 0.3) is 0 Å². The topological polar surface area (TPSA) is 104 Å². The summed E-state index contributed by atoms with van der Waals surface area (Å²) >= 11 is 0. The number of carbonyl (C=O) groups excluding carboxylic acids is 1. The third-order valence-electron chi connectivity index (χ3n) is 2.46. The number of carboxylic acid groups (broad SMARTS) is 1. The van der Waals surface area contributed by atoms with Gasteiger partial charge in [-0.25, -0.2) is 9.78 Å². The van der Waals surface area contributed by atoms with Crippen molar-refractivity contribution in [1.82, 2.24) is 15.6 Å². The first-order valence-electron chi connectivity index (χ1n) is 6.17. The van der Waals surface area contributed by atoms with Crippen LogP contribution in [0.5, 0.6) is 0 Å². The molecule has 0 aliphatic heterocycles. The van der Waals surface area contributed by atoms with Gasteiger partial charge < -0.3 is 20.2 Å². The zero-order valence-electron chi connectivity index (χ0n) is 11.1. The summed E-state index contributed by atoms with van der Waals surface area (Å²) in [6.45, 7) is 4.00. The molecular weight excluding hydrogens is 250 g/mol. The number of urea groups is 1. The summed E-state index contributed by atoms with van der Waals surface area (Å²) in [5, 5.41) is 13.8. The number of aryl methyl sites for hydroxylation is 1. The van der Waals surface area contributed by atoms with Gasteiger partial charge in [0.05, 0.1) is 6.20 Å². The molecule has 3 N–H and O–H groups in total. The summed E-state index contributed by atoms with van der Waals surface area (Å²) in [6.07, 6.45) is 2.89. The lowest BCUT2D eigenvalue weighted by Gasteiger charge is -2.11. The Kier molecular flexibility index (Phi) is 5.84. The first kappa shape index (κ1) is 15.0. The fourth-order valence-corrected chi connectivity index (χ4v) is 1.48. The van der Waals surface area contributed by atoms with Crippen molar-refractivity contribution < 1.29 is 19.1 Å². The SMILES string of the molecule is Cc1cnc(C(C)NC(=O)NCCCCC(=O)O)o1. The molecule has 19 heavy (non-hydrogen) atoms. The number of aliphatic carboxylic acids is 1. The number of aromatic nitrogens is 1. The molecule has 0 saturated heterocycles. The monoisotopic (exact) mass is 269 g/mol. The predicted octanol–water partition coefficient (Wildman–Crippen LogP) is 1.60. The van der Waals surface area contributed by atoms with Gasteiger partial charge in [0.1, 0.15) is 11.8 Å². The molecule has 0 aromatic carbocycles. The van der Waals surface area contributed by atoms with Crippen molar-refractivity contribution in [3.8, 4) is 0 Å². The van der Waals surface area contributed by atoms with E-state index in [0.717, 1.165) is 0 Å². The average molecular weight is 269 g/mol. The number of rotatable bonds is 7. The van der Waals surface area contributed by atoms with Crippen LogP contribution in [0.25, 0.3) is 0 Å². The van der Waals surface area contributed by atoms with E-state index in [0.29, 0.717) is 31.0 Å². The van der Waals surface area contributed by atoms with Crippen LogP contribution in [0.4, 0.5) is 4.79 Å². The number of hydrogen-bond donors (Lipinski definition) is 3. The van der Waals surface area contributed by atoms with Gasteiger partial charge in [-0.2, -0.15) is 0 Å². The molecule has 0 radical (unpaired) electrons. The van der Waals surface area contributed by atoms with Crippen LogP contribution in [-0.4, -0.2) is 28.6 Å². The normalized spacial score (nSPS) is 11.9. The van der Waals surface area contributed by atoms with E-state index >= 15 is 0 Å². The molecule has 2 amide bonds. The highest BCUT2D eigenvalue weighted by Crippen LogP contribution is 2.11. The zero-order chi connectivity index (χ0) is 14.3. The smallest absolute Gasteiger partial charge is 0.315 e. The number of nitrogens with one attached hydrogen (secondary N) is 2. The maximum absolute atomic E-state index is 11.5. The van der Waals surface area contributed by atoms with E-state index in [2.05, 4.69) is 15.6 Å². The lowest BCUT2D eigenvalue weighted by molar-refractivity contribution is -0.137. The summed E-state index contributed by atoms with van der Waals surface area (Å²) in [6, 6.07) is -0.633. The van der Waals surface area contributed by atoms with Crippen LogP contribution in [0.1, 0.15) is 43.9 Å². The summed E-state index contributed by atoms with van der Waals surface area (Å²) < 4.78 is 5.30. The van der Waals surface area contributed by atoms with Crippen LogP contribution >= 0.6 is 0 Å². The van der Waals surface area contributed by atoms with Gasteiger partial charge in [0.15, 0.2) is 0 Å². The summed E-state index contributed by atoms with van der Waals surface area (Å²) in [4.78, 5) is 25.8. The van der Waals surface area contributed by atoms with E-state index in [4.69, 9.17) is 9.52 Å². The quantitative estimate of drug-likeness (QED) is 0.652. The number of oxazole rings is 1. The Hall–Kier alpha value is -2.05. The molecule has 7 nitrogen and oxygen atoms in total. The summed E-state index contributed by atoms with van der Waals surface area (Å²) in [5.41, 5.74) is 0. The van der Waals surface area contributed by atoms with Crippen molar-refractivity contribution in [1.29, 1.82) is 0 Å². The molecule has 1 rings (SSSR count). The maximum atomic E-state index is 11.5. The number of amides is 2. The Morgan fingerprint density at radius 3 is 2.79 bits per heavy atom. The van der Waals surface area contributed by atoms with Gasteiger partial charge in [-0.3, -0.25) is 4.79 Å². The van der Waals surface area contributed by atoms with Gasteiger partial charge in [-0.05, 0) is 26.7 Å². The molecule has 106 valence electrons. The van der Waals surface area contributed by atoms with E-state index in [-0.39, 0.29) is 18.5 Å². The summed E-state index contributed by atoms with van der Waals surface area (Å²) in [7, 11) is 0. The Balaban J connectivity index is 2.18. The van der Waals surface area contributed by atoms with Crippen LogP contribution in [-0.2, 0) is 4.79 Å². The van der Waals surface area contributed by atoms with Crippen molar-refractivity contribution in [2.24, 2.45) is 0 Å². The van der Waals surface area contributed by atoms with E-state index in [1.54, 1.807) is 20.0 Å². The van der Waals surface area contributed by atoms with Crippen LogP contribution in [0, 0.1) is 6.92 Å². The first-order chi connectivity index (χ1) is 8.99. The van der Waals surface area contributed by atoms with E-state index in [1.807, 2.05) is 0 Å². The molecule has 1 atom stereocenters. The largest absolute Gasteiger partial charge is 0.481 e. The lowest BCUT2D eigenvalue weighted by atomic mass is 10.2. The van der Waals surface area contributed by atoms with Crippen molar-refractivity contribution in [3.63, 3.8) is 0 Å². The number of carboxylic acids is 1. The molecule has 0 spiro atoms. The molecule has 0 saturated carbocycles. The van der Waals surface area contributed by atoms with E-state index in [1.165, 1.54) is 0 Å². The molecule has 0 bridgehead atoms. The number of unbranched alkanes of at least 4 members (excludes halogenated alkanes) is 1. The predicted molar refractivity (Wildman–Crippen MR) is 67.7 cm³/mol. The molecule has 0 aliphatic carbocycles. The molecule has 1 aromatic rings. The summed E-state index contributed by atoms with van der Waals surface area (Å²) in [5.74, 6) is 0.327. The second kappa shape index (κ2) is 7.40. The molecule has 0 aliphatic rings. The number of hydrogen-bond acceptors (Lipinski definition) is 4. The Labute approximate surface area is 111 Å². The maximum Gasteiger partial charge on any atom is 0.315 e. The van der Waals surface area contributed by atoms with Gasteiger partial charge in [-0.15, -0.1) is 0 Å². The van der Waals surface area contributed by atoms with Crippen LogP contribution in [0.3, 0.4) is 0 Å². The fourth-order valence-electron chi connectivity index (χ4n) is 1.48. The standard InChI is InChI=1S/C12H19N3O4/c1-8-7-14-11(19-8)9(2)15-12(18)13-6-4-3-5-10(16)17/h7,9H,3-6H2,1-2H3,(H,16,17)(H2,13,15,18). The molecule has 1 aromatic heterocycles. The molecular formula is C12H19N3O4. The van der Waals surface area contributed by atoms with Gasteiger partial charge in [0.2, 0.25) is 5.89 Å². The second-order valence-electron chi connectivity index (χ2n) is 4.28. The minimum absolute atomic E-state index is 0.120. The van der Waals surface area contributed by atoms with Crippen molar-refractivity contribution in [3.05, 3.63) is 17.8 Å². The zero-order valence-corrected chi connectivity index (χ0v) is 11.1. The number of nitrogens with zero attached hydrogens (tertiary/aromatic N) is 1. The van der Waals surface area contributed by atoms with E-state index < -0.39 is 5.97 Å². The highest BCUT2D eigenvalue weighted by Gasteiger charge is 2.13. The van der Waals surface area contributed by atoms with Crippen LogP contribution in [0.15, 0.2) is 10.6 Å². The first-order valence-corrected chi connectivity index (χ1v) is 6.17. The third-order valence-corrected chi connectivity index (χ3v) is 2.46. The third kappa shape index (κ3) is 5.89. The Morgan fingerprint density at radius 2 is 2.21 bits per heavy atom. The fraction of sp³-hybridized carbons (Fsp3) is 0.583. The van der Waals surface area contributed by atoms with Crippen molar-refractivity contribution in [2.45, 2.75) is 39.2 Å². The second-order valence-corrected chi connectivity index (χ2v) is 4.28.